The summed E-state index contributed by atoms with van der Waals surface area (Å²) >= 11 is 0. The van der Waals surface area contributed by atoms with Gasteiger partial charge in [0, 0.05) is 31.4 Å². The molecule has 4 rings (SSSR count). The number of nitrogens with two attached hydrogens (primary N) is 1. The number of amides is 3. The fourth-order valence-corrected chi connectivity index (χ4v) is 4.06. The van der Waals surface area contributed by atoms with E-state index in [9.17, 15) is 9.59 Å². The predicted octanol–water partition coefficient (Wildman–Crippen LogP) is 3.00. The number of nitrogens with zero attached hydrogens (tertiary/aromatic N) is 5. The van der Waals surface area contributed by atoms with Crippen LogP contribution in [-0.2, 0) is 18.3 Å². The van der Waals surface area contributed by atoms with E-state index in [1.54, 1.807) is 21.8 Å². The number of anilines is 1. The monoisotopic (exact) mass is 449 g/mol. The molecule has 0 unspecified atom stereocenters. The van der Waals surface area contributed by atoms with Crippen molar-refractivity contribution in [2.24, 2.45) is 12.8 Å². The second-order valence-corrected chi connectivity index (χ2v) is 8.06. The van der Waals surface area contributed by atoms with Gasteiger partial charge in [-0.3, -0.25) is 9.58 Å². The minimum absolute atomic E-state index is 0.105. The fourth-order valence-electron chi connectivity index (χ4n) is 4.06. The summed E-state index contributed by atoms with van der Waals surface area (Å²) in [7, 11) is 1.84. The third kappa shape index (κ3) is 5.65. The molecule has 0 atom stereocenters. The zero-order valence-corrected chi connectivity index (χ0v) is 18.4. The summed E-state index contributed by atoms with van der Waals surface area (Å²) in [6.07, 6.45) is 5.13. The average molecular weight is 450 g/mol. The molecule has 0 aliphatic heterocycles. The van der Waals surface area contributed by atoms with E-state index in [1.165, 1.54) is 0 Å². The number of aryl methyl sites for hydroxylation is 1. The number of hydrogen-bond donors (Lipinski definition) is 2. The van der Waals surface area contributed by atoms with Crippen molar-refractivity contribution in [3.8, 4) is 11.3 Å². The molecule has 1 fully saturated rings. The Morgan fingerprint density at radius 3 is 2.48 bits per heavy atom. The molecule has 10 heteroatoms. The average Bonchev–Trinajstić information content (AvgIpc) is 3.26. The van der Waals surface area contributed by atoms with Crippen molar-refractivity contribution in [1.29, 1.82) is 0 Å². The summed E-state index contributed by atoms with van der Waals surface area (Å²) in [5, 5.41) is 15.8. The Kier molecular flexibility index (Phi) is 6.82. The zero-order chi connectivity index (χ0) is 23.2. The van der Waals surface area contributed by atoms with E-state index in [-0.39, 0.29) is 18.2 Å². The van der Waals surface area contributed by atoms with Gasteiger partial charge in [-0.25, -0.2) is 9.59 Å². The fraction of sp³-hybridized carbons (Fsp3) is 0.348. The second kappa shape index (κ2) is 10.1. The Morgan fingerprint density at radius 2 is 1.88 bits per heavy atom. The van der Waals surface area contributed by atoms with Gasteiger partial charge in [0.05, 0.1) is 11.9 Å². The summed E-state index contributed by atoms with van der Waals surface area (Å²) in [6.45, 7) is 0.400. The molecule has 3 amide bonds. The summed E-state index contributed by atoms with van der Waals surface area (Å²) < 4.78 is 6.84. The number of primary amides is 1. The number of carbonyl (C=O) groups is 2. The third-order valence-electron chi connectivity index (χ3n) is 5.69. The highest BCUT2D eigenvalue weighted by Crippen LogP contribution is 2.29. The Bertz CT molecular complexity index is 1080. The summed E-state index contributed by atoms with van der Waals surface area (Å²) in [6, 6.07) is 13.0. The van der Waals surface area contributed by atoms with Gasteiger partial charge in [-0.15, -0.1) is 10.2 Å². The van der Waals surface area contributed by atoms with Crippen molar-refractivity contribution in [2.45, 2.75) is 44.4 Å². The number of hydrogen-bond acceptors (Lipinski definition) is 6. The van der Waals surface area contributed by atoms with Gasteiger partial charge >= 0.3 is 12.1 Å². The van der Waals surface area contributed by atoms with E-state index in [0.717, 1.165) is 11.1 Å². The van der Waals surface area contributed by atoms with Gasteiger partial charge in [0.1, 0.15) is 6.10 Å². The first-order valence-corrected chi connectivity index (χ1v) is 10.9. The highest BCUT2D eigenvalue weighted by molar-refractivity contribution is 5.91. The Morgan fingerprint density at radius 1 is 1.12 bits per heavy atom. The van der Waals surface area contributed by atoms with Crippen LogP contribution in [0.5, 0.6) is 0 Å². The highest BCUT2D eigenvalue weighted by Gasteiger charge is 2.32. The Hall–Kier alpha value is -3.95. The van der Waals surface area contributed by atoms with Crippen LogP contribution in [0.4, 0.5) is 15.4 Å². The van der Waals surface area contributed by atoms with Gasteiger partial charge < -0.3 is 15.8 Å². The number of benzene rings is 1. The number of urea groups is 1. The van der Waals surface area contributed by atoms with Crippen LogP contribution in [0.25, 0.3) is 11.3 Å². The lowest BCUT2D eigenvalue weighted by Crippen LogP contribution is -2.48. The normalized spacial score (nSPS) is 17.8. The molecule has 3 aromatic rings. The molecular formula is C23H27N7O3. The van der Waals surface area contributed by atoms with E-state index in [4.69, 9.17) is 10.5 Å². The zero-order valence-electron chi connectivity index (χ0n) is 18.4. The minimum Gasteiger partial charge on any atom is -0.446 e. The smallest absolute Gasteiger partial charge is 0.404 e. The van der Waals surface area contributed by atoms with Crippen molar-refractivity contribution in [3.05, 3.63) is 60.4 Å². The minimum atomic E-state index is -0.771. The lowest BCUT2D eigenvalue weighted by atomic mass is 9.92. The van der Waals surface area contributed by atoms with Crippen molar-refractivity contribution in [1.82, 2.24) is 25.3 Å². The maximum Gasteiger partial charge on any atom is 0.404 e. The molecule has 172 valence electrons. The molecule has 1 aromatic carbocycles. The maximum absolute atomic E-state index is 13.3. The molecule has 2 heterocycles. The van der Waals surface area contributed by atoms with Gasteiger partial charge in [0.15, 0.2) is 5.82 Å². The van der Waals surface area contributed by atoms with Gasteiger partial charge in [-0.1, -0.05) is 30.3 Å². The van der Waals surface area contributed by atoms with Gasteiger partial charge in [-0.2, -0.15) is 5.10 Å². The molecule has 1 aliphatic rings. The molecule has 2 aromatic heterocycles. The van der Waals surface area contributed by atoms with Crippen molar-refractivity contribution in [2.75, 3.05) is 4.90 Å². The highest BCUT2D eigenvalue weighted by atomic mass is 16.6. The summed E-state index contributed by atoms with van der Waals surface area (Å²) in [5.41, 5.74) is 7.68. The molecule has 10 nitrogen and oxygen atoms in total. The second-order valence-electron chi connectivity index (χ2n) is 8.06. The van der Waals surface area contributed by atoms with E-state index in [2.05, 4.69) is 20.6 Å². The van der Waals surface area contributed by atoms with Crippen LogP contribution >= 0.6 is 0 Å². The number of aromatic nitrogens is 4. The number of rotatable bonds is 6. The molecule has 0 saturated heterocycles. The largest absolute Gasteiger partial charge is 0.446 e. The summed E-state index contributed by atoms with van der Waals surface area (Å²) in [4.78, 5) is 26.0. The molecule has 0 bridgehead atoms. The van der Waals surface area contributed by atoms with E-state index >= 15 is 0 Å². The standard InChI is InChI=1S/C23H27N7O3/c1-29-15-17(14-26-29)20-11-12-21(28-27-20)30(18-7-9-19(10-8-18)33-22(24)31)23(32)25-13-16-5-3-2-4-6-16/h2-6,11-12,14-15,18-19H,7-10,13H2,1H3,(H2,24,31)(H,25,32). The number of carbonyl (C=O) groups excluding carboxylic acids is 2. The topological polar surface area (TPSA) is 128 Å². The Balaban J connectivity index is 1.52. The van der Waals surface area contributed by atoms with Crippen LogP contribution in [0.1, 0.15) is 31.2 Å². The van der Waals surface area contributed by atoms with E-state index in [0.29, 0.717) is 43.7 Å². The first kappa shape index (κ1) is 22.3. The van der Waals surface area contributed by atoms with Crippen molar-refractivity contribution in [3.63, 3.8) is 0 Å². The predicted molar refractivity (Wildman–Crippen MR) is 122 cm³/mol. The van der Waals surface area contributed by atoms with E-state index < -0.39 is 6.09 Å². The Labute approximate surface area is 191 Å². The van der Waals surface area contributed by atoms with Crippen LogP contribution < -0.4 is 16.0 Å². The molecule has 1 saturated carbocycles. The van der Waals surface area contributed by atoms with Crippen LogP contribution in [0.2, 0.25) is 0 Å². The quantitative estimate of drug-likeness (QED) is 0.595. The molecule has 33 heavy (non-hydrogen) atoms. The number of ether oxygens (including phenoxy) is 1. The number of nitrogens with one attached hydrogen (secondary N) is 1. The first-order chi connectivity index (χ1) is 16.0. The third-order valence-corrected chi connectivity index (χ3v) is 5.69. The van der Waals surface area contributed by atoms with Crippen LogP contribution in [0.3, 0.4) is 0 Å². The maximum atomic E-state index is 13.3. The van der Waals surface area contributed by atoms with E-state index in [1.807, 2.05) is 49.6 Å². The molecule has 0 radical (unpaired) electrons. The molecule has 1 aliphatic carbocycles. The first-order valence-electron chi connectivity index (χ1n) is 10.9. The van der Waals surface area contributed by atoms with Gasteiger partial charge in [0.25, 0.3) is 0 Å². The molecular weight excluding hydrogens is 422 g/mol. The summed E-state index contributed by atoms with van der Waals surface area (Å²) in [5.74, 6) is 0.465. The molecule has 0 spiro atoms. The lowest BCUT2D eigenvalue weighted by Gasteiger charge is -2.35. The van der Waals surface area contributed by atoms with Crippen LogP contribution in [-0.4, -0.2) is 44.2 Å². The van der Waals surface area contributed by atoms with Crippen LogP contribution in [0.15, 0.2) is 54.9 Å². The SMILES string of the molecule is Cn1cc(-c2ccc(N(C(=O)NCc3ccccc3)C3CCC(OC(N)=O)CC3)nn2)cn1. The lowest BCUT2D eigenvalue weighted by molar-refractivity contribution is 0.0786. The van der Waals surface area contributed by atoms with Crippen molar-refractivity contribution < 1.29 is 14.3 Å². The van der Waals surface area contributed by atoms with Crippen LogP contribution in [0, 0.1) is 0 Å². The van der Waals surface area contributed by atoms with Gasteiger partial charge in [0.2, 0.25) is 0 Å². The van der Waals surface area contributed by atoms with Gasteiger partial charge in [-0.05, 0) is 43.4 Å². The molecule has 3 N–H and O–H groups in total. The van der Waals surface area contributed by atoms with Crippen molar-refractivity contribution >= 4 is 17.9 Å².